The number of nitrogens with one attached hydrogen (secondary N) is 2. The zero-order valence-corrected chi connectivity index (χ0v) is 11.1. The van der Waals surface area contributed by atoms with Gasteiger partial charge in [-0.05, 0) is 10.8 Å². The largest absolute Gasteiger partial charge is 0.373 e. The highest BCUT2D eigenvalue weighted by Gasteiger charge is 2.65. The van der Waals surface area contributed by atoms with E-state index in [9.17, 15) is 0 Å². The van der Waals surface area contributed by atoms with E-state index in [-0.39, 0.29) is 16.8 Å². The van der Waals surface area contributed by atoms with Crippen molar-refractivity contribution in [1.29, 1.82) is 0 Å². The highest BCUT2D eigenvalue weighted by atomic mass is 15.2. The first kappa shape index (κ1) is 12.0. The third-order valence-corrected chi connectivity index (χ3v) is 4.31. The van der Waals surface area contributed by atoms with E-state index in [1.165, 1.54) is 0 Å². The highest BCUT2D eigenvalue weighted by Crippen LogP contribution is 2.63. The molecule has 1 heterocycles. The molecule has 0 spiro atoms. The van der Waals surface area contributed by atoms with Crippen LogP contribution in [0, 0.1) is 10.8 Å². The Kier molecular flexibility index (Phi) is 2.45. The Morgan fingerprint density at radius 2 is 1.65 bits per heavy atom. The van der Waals surface area contributed by atoms with Crippen LogP contribution in [0.25, 0.3) is 0 Å². The van der Waals surface area contributed by atoms with Crippen molar-refractivity contribution in [2.45, 2.75) is 33.7 Å². The number of aromatic nitrogens is 2. The average Bonchev–Trinajstić information content (AvgIpc) is 2.60. The summed E-state index contributed by atoms with van der Waals surface area (Å²) in [5.41, 5.74) is 6.20. The van der Waals surface area contributed by atoms with E-state index in [0.29, 0.717) is 6.04 Å². The fourth-order valence-electron chi connectivity index (χ4n) is 2.37. The van der Waals surface area contributed by atoms with Crippen LogP contribution >= 0.6 is 0 Å². The van der Waals surface area contributed by atoms with Crippen molar-refractivity contribution in [3.8, 4) is 0 Å². The van der Waals surface area contributed by atoms with Crippen LogP contribution in [0.2, 0.25) is 0 Å². The maximum Gasteiger partial charge on any atom is 0.223 e. The van der Waals surface area contributed by atoms with Crippen molar-refractivity contribution in [3.05, 3.63) is 6.07 Å². The number of nitrogen functional groups attached to an aromatic ring is 1. The van der Waals surface area contributed by atoms with Crippen LogP contribution in [0.3, 0.4) is 0 Å². The second kappa shape index (κ2) is 3.48. The summed E-state index contributed by atoms with van der Waals surface area (Å²) in [6.07, 6.45) is 0. The van der Waals surface area contributed by atoms with Crippen molar-refractivity contribution in [3.63, 3.8) is 0 Å². The Morgan fingerprint density at radius 1 is 1.12 bits per heavy atom. The predicted octanol–water partition coefficient (Wildman–Crippen LogP) is 1.95. The van der Waals surface area contributed by atoms with Gasteiger partial charge < -0.3 is 16.4 Å². The maximum atomic E-state index is 5.66. The summed E-state index contributed by atoms with van der Waals surface area (Å²) in [6.45, 7) is 9.03. The summed E-state index contributed by atoms with van der Waals surface area (Å²) < 4.78 is 0. The van der Waals surface area contributed by atoms with Crippen molar-refractivity contribution in [2.75, 3.05) is 23.4 Å². The topological polar surface area (TPSA) is 75.9 Å². The van der Waals surface area contributed by atoms with Gasteiger partial charge in [-0.1, -0.05) is 27.7 Å². The quantitative estimate of drug-likeness (QED) is 0.746. The lowest BCUT2D eigenvalue weighted by Gasteiger charge is -2.09. The molecule has 0 aliphatic heterocycles. The molecule has 17 heavy (non-hydrogen) atoms. The SMILES string of the molecule is CNc1cc(NC2C(C)(C)C2(C)C)nc(N)n1. The minimum Gasteiger partial charge on any atom is -0.373 e. The molecule has 1 aromatic rings. The Balaban J connectivity index is 2.18. The lowest BCUT2D eigenvalue weighted by Crippen LogP contribution is -2.13. The molecule has 1 aliphatic rings. The molecule has 0 unspecified atom stereocenters. The van der Waals surface area contributed by atoms with Crippen LogP contribution in [0.5, 0.6) is 0 Å². The Hall–Kier alpha value is -1.52. The van der Waals surface area contributed by atoms with Crippen LogP contribution in [0.1, 0.15) is 27.7 Å². The third kappa shape index (κ3) is 1.79. The van der Waals surface area contributed by atoms with Gasteiger partial charge in [0.25, 0.3) is 0 Å². The van der Waals surface area contributed by atoms with Gasteiger partial charge in [0.2, 0.25) is 5.95 Å². The molecule has 1 fully saturated rings. The lowest BCUT2D eigenvalue weighted by atomic mass is 10.0. The standard InChI is InChI=1S/C12H21N5/c1-11(2)9(12(11,3)4)15-8-6-7(14-5)16-10(13)17-8/h6,9H,1-5H3,(H4,13,14,15,16,17). The van der Waals surface area contributed by atoms with Gasteiger partial charge >= 0.3 is 0 Å². The van der Waals surface area contributed by atoms with Gasteiger partial charge in [0, 0.05) is 19.2 Å². The molecule has 1 saturated carbocycles. The normalized spacial score (nSPS) is 21.0. The van der Waals surface area contributed by atoms with Gasteiger partial charge in [0.1, 0.15) is 11.6 Å². The molecule has 5 heteroatoms. The van der Waals surface area contributed by atoms with E-state index in [1.807, 2.05) is 13.1 Å². The first-order chi connectivity index (χ1) is 7.79. The molecule has 1 aromatic heterocycles. The zero-order valence-electron chi connectivity index (χ0n) is 11.1. The molecule has 2 rings (SSSR count). The second-order valence-corrected chi connectivity index (χ2v) is 5.77. The second-order valence-electron chi connectivity index (χ2n) is 5.77. The first-order valence-corrected chi connectivity index (χ1v) is 5.88. The van der Waals surface area contributed by atoms with Gasteiger partial charge in [-0.2, -0.15) is 9.97 Å². The average molecular weight is 235 g/mol. The van der Waals surface area contributed by atoms with Crippen LogP contribution in [-0.2, 0) is 0 Å². The molecular weight excluding hydrogens is 214 g/mol. The summed E-state index contributed by atoms with van der Waals surface area (Å²) in [5, 5.41) is 6.41. The zero-order chi connectivity index (χ0) is 12.8. The third-order valence-electron chi connectivity index (χ3n) is 4.31. The summed E-state index contributed by atoms with van der Waals surface area (Å²) in [4.78, 5) is 8.28. The van der Waals surface area contributed by atoms with Crippen molar-refractivity contribution < 1.29 is 0 Å². The van der Waals surface area contributed by atoms with E-state index in [1.54, 1.807) is 0 Å². The molecule has 1 aliphatic carbocycles. The molecule has 0 radical (unpaired) electrons. The minimum atomic E-state index is 0.270. The maximum absolute atomic E-state index is 5.66. The Bertz CT molecular complexity index is 425. The molecule has 0 aromatic carbocycles. The lowest BCUT2D eigenvalue weighted by molar-refractivity contribution is 0.457. The first-order valence-electron chi connectivity index (χ1n) is 5.88. The van der Waals surface area contributed by atoms with Crippen molar-refractivity contribution in [2.24, 2.45) is 10.8 Å². The van der Waals surface area contributed by atoms with Crippen LogP contribution in [0.4, 0.5) is 17.6 Å². The molecule has 4 N–H and O–H groups in total. The molecule has 0 atom stereocenters. The van der Waals surface area contributed by atoms with Crippen LogP contribution < -0.4 is 16.4 Å². The minimum absolute atomic E-state index is 0.270. The summed E-state index contributed by atoms with van der Waals surface area (Å²) in [7, 11) is 1.82. The van der Waals surface area contributed by atoms with Gasteiger partial charge in [0.05, 0.1) is 0 Å². The number of hydrogen-bond acceptors (Lipinski definition) is 5. The van der Waals surface area contributed by atoms with E-state index < -0.39 is 0 Å². The highest BCUT2D eigenvalue weighted by molar-refractivity contribution is 5.53. The van der Waals surface area contributed by atoms with E-state index in [2.05, 4.69) is 48.3 Å². The fraction of sp³-hybridized carbons (Fsp3) is 0.667. The van der Waals surface area contributed by atoms with Gasteiger partial charge in [0.15, 0.2) is 0 Å². The monoisotopic (exact) mass is 235 g/mol. The summed E-state index contributed by atoms with van der Waals surface area (Å²) >= 11 is 0. The van der Waals surface area contributed by atoms with Crippen LogP contribution in [-0.4, -0.2) is 23.1 Å². The van der Waals surface area contributed by atoms with Crippen molar-refractivity contribution >= 4 is 17.6 Å². The summed E-state index contributed by atoms with van der Waals surface area (Å²) in [5.74, 6) is 1.80. The van der Waals surface area contributed by atoms with E-state index >= 15 is 0 Å². The van der Waals surface area contributed by atoms with E-state index in [4.69, 9.17) is 5.73 Å². The molecular formula is C12H21N5. The van der Waals surface area contributed by atoms with Gasteiger partial charge in [-0.3, -0.25) is 0 Å². The van der Waals surface area contributed by atoms with E-state index in [0.717, 1.165) is 11.6 Å². The smallest absolute Gasteiger partial charge is 0.223 e. The fourth-order valence-corrected chi connectivity index (χ4v) is 2.37. The molecule has 0 bridgehead atoms. The number of nitrogens with two attached hydrogens (primary N) is 1. The molecule has 5 nitrogen and oxygen atoms in total. The number of rotatable bonds is 3. The van der Waals surface area contributed by atoms with Gasteiger partial charge in [-0.25, -0.2) is 0 Å². The van der Waals surface area contributed by atoms with Crippen molar-refractivity contribution in [1.82, 2.24) is 9.97 Å². The molecule has 0 amide bonds. The molecule has 0 saturated heterocycles. The Labute approximate surface area is 102 Å². The number of hydrogen-bond donors (Lipinski definition) is 3. The number of nitrogens with zero attached hydrogens (tertiary/aromatic N) is 2. The molecule has 94 valence electrons. The van der Waals surface area contributed by atoms with Gasteiger partial charge in [-0.15, -0.1) is 0 Å². The number of anilines is 3. The van der Waals surface area contributed by atoms with Crippen LogP contribution in [0.15, 0.2) is 6.07 Å². The predicted molar refractivity (Wildman–Crippen MR) is 71.0 cm³/mol. The summed E-state index contributed by atoms with van der Waals surface area (Å²) in [6, 6.07) is 2.29. The Morgan fingerprint density at radius 3 is 2.12 bits per heavy atom.